The monoisotopic (exact) mass is 323 g/mol. The Kier molecular flexibility index (Phi) is 4.52. The molecule has 1 aromatic carbocycles. The van der Waals surface area contributed by atoms with Gasteiger partial charge < -0.3 is 9.52 Å². The quantitative estimate of drug-likeness (QED) is 0.434. The van der Waals surface area contributed by atoms with E-state index in [9.17, 15) is 14.3 Å². The lowest BCUT2D eigenvalue weighted by atomic mass is 10.1. The lowest BCUT2D eigenvalue weighted by molar-refractivity contribution is 0.101. The first-order chi connectivity index (χ1) is 11.6. The molecule has 0 aliphatic carbocycles. The van der Waals surface area contributed by atoms with Gasteiger partial charge in [0.1, 0.15) is 23.0 Å². The van der Waals surface area contributed by atoms with Gasteiger partial charge in [-0.25, -0.2) is 4.39 Å². The Morgan fingerprint density at radius 3 is 2.62 bits per heavy atom. The molecular weight excluding hydrogens is 309 g/mol. The van der Waals surface area contributed by atoms with Gasteiger partial charge >= 0.3 is 0 Å². The topological polar surface area (TPSA) is 63.3 Å². The fraction of sp³-hybridized carbons (Fsp3) is 0.0526. The standard InChI is InChI=1S/C19H14FNO3/c20-14-6-4-13(5-7-14)11-15-8-9-19(24-15)18(23)12-17(22)16-3-1-2-10-21-16/h1-10,12,22H,11H2/b17-12+. The maximum atomic E-state index is 12.9. The van der Waals surface area contributed by atoms with Crippen LogP contribution in [-0.4, -0.2) is 15.9 Å². The molecule has 3 aromatic rings. The Labute approximate surface area is 137 Å². The second-order valence-corrected chi connectivity index (χ2v) is 5.18. The van der Waals surface area contributed by atoms with Crippen LogP contribution in [-0.2, 0) is 6.42 Å². The van der Waals surface area contributed by atoms with Crippen LogP contribution in [0.3, 0.4) is 0 Å². The number of pyridine rings is 1. The number of aliphatic hydroxyl groups is 1. The lowest BCUT2D eigenvalue weighted by Gasteiger charge is -1.99. The molecule has 0 bridgehead atoms. The first-order valence-corrected chi connectivity index (χ1v) is 7.31. The third-order valence-electron chi connectivity index (χ3n) is 3.39. The van der Waals surface area contributed by atoms with Crippen molar-refractivity contribution in [3.05, 3.63) is 95.5 Å². The highest BCUT2D eigenvalue weighted by Gasteiger charge is 2.12. The van der Waals surface area contributed by atoms with E-state index in [1.807, 2.05) is 0 Å². The van der Waals surface area contributed by atoms with E-state index in [4.69, 9.17) is 4.42 Å². The predicted molar refractivity (Wildman–Crippen MR) is 87.1 cm³/mol. The summed E-state index contributed by atoms with van der Waals surface area (Å²) in [4.78, 5) is 16.1. The van der Waals surface area contributed by atoms with E-state index in [0.717, 1.165) is 11.6 Å². The Morgan fingerprint density at radius 1 is 1.12 bits per heavy atom. The summed E-state index contributed by atoms with van der Waals surface area (Å²) in [7, 11) is 0. The van der Waals surface area contributed by atoms with Crippen molar-refractivity contribution >= 4 is 11.5 Å². The Balaban J connectivity index is 1.73. The highest BCUT2D eigenvalue weighted by atomic mass is 19.1. The summed E-state index contributed by atoms with van der Waals surface area (Å²) in [5, 5.41) is 9.92. The van der Waals surface area contributed by atoms with E-state index in [1.165, 1.54) is 18.3 Å². The molecule has 0 saturated carbocycles. The van der Waals surface area contributed by atoms with Gasteiger partial charge in [0.25, 0.3) is 0 Å². The molecule has 0 amide bonds. The third-order valence-corrected chi connectivity index (χ3v) is 3.39. The second-order valence-electron chi connectivity index (χ2n) is 5.18. The molecular formula is C19H14FNO3. The van der Waals surface area contributed by atoms with E-state index in [-0.39, 0.29) is 17.3 Å². The van der Waals surface area contributed by atoms with Crippen molar-refractivity contribution in [2.45, 2.75) is 6.42 Å². The van der Waals surface area contributed by atoms with Gasteiger partial charge in [-0.15, -0.1) is 0 Å². The van der Waals surface area contributed by atoms with E-state index < -0.39 is 5.78 Å². The normalized spacial score (nSPS) is 11.5. The molecule has 3 rings (SSSR count). The molecule has 2 heterocycles. The Bertz CT molecular complexity index is 867. The summed E-state index contributed by atoms with van der Waals surface area (Å²) in [6, 6.07) is 14.3. The van der Waals surface area contributed by atoms with Crippen molar-refractivity contribution in [1.82, 2.24) is 4.98 Å². The Morgan fingerprint density at radius 2 is 1.92 bits per heavy atom. The van der Waals surface area contributed by atoms with Crippen molar-refractivity contribution in [3.8, 4) is 0 Å². The predicted octanol–water partition coefficient (Wildman–Crippen LogP) is 4.19. The van der Waals surface area contributed by atoms with Gasteiger partial charge in [-0.05, 0) is 42.0 Å². The number of aromatic nitrogens is 1. The SMILES string of the molecule is O=C(/C=C(/O)c1ccccn1)c1ccc(Cc2ccc(F)cc2)o1. The number of carbonyl (C=O) groups is 1. The molecule has 0 saturated heterocycles. The summed E-state index contributed by atoms with van der Waals surface area (Å²) < 4.78 is 18.4. The molecule has 24 heavy (non-hydrogen) atoms. The van der Waals surface area contributed by atoms with Gasteiger partial charge in [0.05, 0.1) is 0 Å². The van der Waals surface area contributed by atoms with Gasteiger partial charge in [0.2, 0.25) is 5.78 Å². The zero-order valence-electron chi connectivity index (χ0n) is 12.6. The van der Waals surface area contributed by atoms with Gasteiger partial charge in [-0.2, -0.15) is 0 Å². The summed E-state index contributed by atoms with van der Waals surface area (Å²) >= 11 is 0. The summed E-state index contributed by atoms with van der Waals surface area (Å²) in [5.74, 6) is -0.282. The maximum Gasteiger partial charge on any atom is 0.224 e. The van der Waals surface area contributed by atoms with Crippen LogP contribution in [0, 0.1) is 5.82 Å². The number of aliphatic hydroxyl groups excluding tert-OH is 1. The third kappa shape index (κ3) is 3.76. The molecule has 2 aromatic heterocycles. The molecule has 0 atom stereocenters. The number of furan rings is 1. The molecule has 5 heteroatoms. The average Bonchev–Trinajstić information content (AvgIpc) is 3.06. The molecule has 0 unspecified atom stereocenters. The van der Waals surface area contributed by atoms with Crippen molar-refractivity contribution in [2.24, 2.45) is 0 Å². The van der Waals surface area contributed by atoms with Crippen molar-refractivity contribution < 1.29 is 18.7 Å². The number of allylic oxidation sites excluding steroid dienone is 1. The van der Waals surface area contributed by atoms with E-state index in [1.54, 1.807) is 42.5 Å². The molecule has 0 aliphatic rings. The molecule has 1 N–H and O–H groups in total. The second kappa shape index (κ2) is 6.91. The molecule has 0 fully saturated rings. The first kappa shape index (κ1) is 15.7. The fourth-order valence-electron chi connectivity index (χ4n) is 2.19. The highest BCUT2D eigenvalue weighted by molar-refractivity contribution is 6.05. The largest absolute Gasteiger partial charge is 0.506 e. The number of carbonyl (C=O) groups excluding carboxylic acids is 1. The molecule has 0 radical (unpaired) electrons. The van der Waals surface area contributed by atoms with Crippen LogP contribution in [0.2, 0.25) is 0 Å². The number of ketones is 1. The van der Waals surface area contributed by atoms with E-state index in [0.29, 0.717) is 17.9 Å². The average molecular weight is 323 g/mol. The van der Waals surface area contributed by atoms with Crippen molar-refractivity contribution in [2.75, 3.05) is 0 Å². The van der Waals surface area contributed by atoms with Crippen LogP contribution < -0.4 is 0 Å². The van der Waals surface area contributed by atoms with E-state index >= 15 is 0 Å². The Hall–Kier alpha value is -3.21. The summed E-state index contributed by atoms with van der Waals surface area (Å²) in [5.41, 5.74) is 1.18. The first-order valence-electron chi connectivity index (χ1n) is 7.31. The number of rotatable bonds is 5. The molecule has 4 nitrogen and oxygen atoms in total. The summed E-state index contributed by atoms with van der Waals surface area (Å²) in [6.07, 6.45) is 3.05. The van der Waals surface area contributed by atoms with Crippen LogP contribution >= 0.6 is 0 Å². The summed E-state index contributed by atoms with van der Waals surface area (Å²) in [6.45, 7) is 0. The van der Waals surface area contributed by atoms with Gasteiger partial charge in [-0.1, -0.05) is 18.2 Å². The van der Waals surface area contributed by atoms with Crippen molar-refractivity contribution in [3.63, 3.8) is 0 Å². The van der Waals surface area contributed by atoms with Crippen LogP contribution in [0.15, 0.2) is 71.3 Å². The van der Waals surface area contributed by atoms with Crippen molar-refractivity contribution in [1.29, 1.82) is 0 Å². The minimum absolute atomic E-state index is 0.120. The molecule has 0 spiro atoms. The van der Waals surface area contributed by atoms with Crippen LogP contribution in [0.1, 0.15) is 27.6 Å². The molecule has 120 valence electrons. The van der Waals surface area contributed by atoms with Gasteiger partial charge in [0.15, 0.2) is 5.76 Å². The van der Waals surface area contributed by atoms with Crippen LogP contribution in [0.4, 0.5) is 4.39 Å². The zero-order chi connectivity index (χ0) is 16.9. The fourth-order valence-corrected chi connectivity index (χ4v) is 2.19. The van der Waals surface area contributed by atoms with Crippen LogP contribution in [0.5, 0.6) is 0 Å². The van der Waals surface area contributed by atoms with Gasteiger partial charge in [0, 0.05) is 18.7 Å². The highest BCUT2D eigenvalue weighted by Crippen LogP contribution is 2.16. The minimum Gasteiger partial charge on any atom is -0.506 e. The number of hydrogen-bond acceptors (Lipinski definition) is 4. The number of benzene rings is 1. The maximum absolute atomic E-state index is 12.9. The van der Waals surface area contributed by atoms with Gasteiger partial charge in [-0.3, -0.25) is 9.78 Å². The number of nitrogens with zero attached hydrogens (tertiary/aromatic N) is 1. The molecule has 0 aliphatic heterocycles. The minimum atomic E-state index is -0.455. The zero-order valence-corrected chi connectivity index (χ0v) is 12.6. The lowest BCUT2D eigenvalue weighted by Crippen LogP contribution is -1.96. The number of hydrogen-bond donors (Lipinski definition) is 1. The van der Waals surface area contributed by atoms with E-state index in [2.05, 4.69) is 4.98 Å². The van der Waals surface area contributed by atoms with Crippen LogP contribution in [0.25, 0.3) is 5.76 Å². The number of halogens is 1. The smallest absolute Gasteiger partial charge is 0.224 e.